The summed E-state index contributed by atoms with van der Waals surface area (Å²) in [4.78, 5) is 37.8. The van der Waals surface area contributed by atoms with Gasteiger partial charge in [-0.05, 0) is 89.9 Å². The largest absolute Gasteiger partial charge is 0.756 e. The van der Waals surface area contributed by atoms with Gasteiger partial charge in [0, 0.05) is 12.8 Å². The molecular weight excluding hydrogens is 918 g/mol. The number of nitrogens with zero attached hydrogens (tertiary/aromatic N) is 1. The van der Waals surface area contributed by atoms with Crippen molar-refractivity contribution in [2.75, 3.05) is 47.5 Å². The van der Waals surface area contributed by atoms with E-state index >= 15 is 0 Å². The second-order valence-corrected chi connectivity index (χ2v) is 21.7. The zero-order chi connectivity index (χ0) is 52.7. The van der Waals surface area contributed by atoms with Crippen LogP contribution in [0.2, 0.25) is 0 Å². The van der Waals surface area contributed by atoms with Crippen LogP contribution < -0.4 is 4.89 Å². The number of likely N-dealkylation sites (N-methyl/N-ethyl adjacent to an activating group) is 1. The van der Waals surface area contributed by atoms with E-state index in [1.165, 1.54) is 128 Å². The first-order valence-electron chi connectivity index (χ1n) is 28.9. The zero-order valence-electron chi connectivity index (χ0n) is 46.8. The molecule has 0 aliphatic rings. The average molecular weight is 1030 g/mol. The smallest absolute Gasteiger partial charge is 0.306 e. The van der Waals surface area contributed by atoms with Crippen LogP contribution >= 0.6 is 7.82 Å². The van der Waals surface area contributed by atoms with Crippen molar-refractivity contribution in [3.63, 3.8) is 0 Å². The predicted molar refractivity (Wildman–Crippen MR) is 305 cm³/mol. The Hall–Kier alpha value is -3.07. The minimum atomic E-state index is -4.66. The third kappa shape index (κ3) is 56.2. The number of phosphoric ester groups is 1. The maximum Gasteiger partial charge on any atom is 0.306 e. The number of phosphoric acid groups is 1. The lowest BCUT2D eigenvalue weighted by molar-refractivity contribution is -0.870. The minimum absolute atomic E-state index is 0.0462. The minimum Gasteiger partial charge on any atom is -0.756 e. The Bertz CT molecular complexity index is 1540. The summed E-state index contributed by atoms with van der Waals surface area (Å²) in [5.41, 5.74) is 0. The van der Waals surface area contributed by atoms with Crippen LogP contribution in [0.3, 0.4) is 0 Å². The van der Waals surface area contributed by atoms with E-state index in [0.29, 0.717) is 23.9 Å². The molecule has 0 aromatic rings. The predicted octanol–water partition coefficient (Wildman–Crippen LogP) is 17.4. The zero-order valence-corrected chi connectivity index (χ0v) is 47.7. The molecule has 10 heteroatoms. The van der Waals surface area contributed by atoms with Crippen LogP contribution in [0, 0.1) is 0 Å². The molecule has 0 rings (SSSR count). The first kappa shape index (κ1) is 68.9. The van der Waals surface area contributed by atoms with Crippen LogP contribution in [-0.2, 0) is 32.7 Å². The average Bonchev–Trinajstić information content (AvgIpc) is 3.34. The highest BCUT2D eigenvalue weighted by atomic mass is 31.2. The van der Waals surface area contributed by atoms with Crippen LogP contribution in [0.4, 0.5) is 0 Å². The van der Waals surface area contributed by atoms with Crippen molar-refractivity contribution in [1.29, 1.82) is 0 Å². The van der Waals surface area contributed by atoms with E-state index in [9.17, 15) is 19.0 Å². The van der Waals surface area contributed by atoms with Gasteiger partial charge in [0.15, 0.2) is 6.10 Å². The van der Waals surface area contributed by atoms with Gasteiger partial charge in [-0.1, -0.05) is 227 Å². The summed E-state index contributed by atoms with van der Waals surface area (Å²) in [5.74, 6) is -0.905. The van der Waals surface area contributed by atoms with E-state index in [0.717, 1.165) is 64.2 Å². The van der Waals surface area contributed by atoms with Crippen molar-refractivity contribution in [2.45, 2.75) is 238 Å². The Kier molecular flexibility index (Phi) is 50.5. The summed E-state index contributed by atoms with van der Waals surface area (Å²) in [6.45, 7) is 4.06. The molecule has 72 heavy (non-hydrogen) atoms. The Labute approximate surface area is 443 Å². The molecule has 0 amide bonds. The van der Waals surface area contributed by atoms with Crippen LogP contribution in [-0.4, -0.2) is 70.0 Å². The number of hydrogen-bond donors (Lipinski definition) is 0. The van der Waals surface area contributed by atoms with Gasteiger partial charge < -0.3 is 27.9 Å². The third-order valence-electron chi connectivity index (χ3n) is 12.1. The molecule has 0 heterocycles. The van der Waals surface area contributed by atoms with Crippen molar-refractivity contribution >= 4 is 19.8 Å². The Balaban J connectivity index is 4.27. The molecule has 0 radical (unpaired) electrons. The van der Waals surface area contributed by atoms with Crippen molar-refractivity contribution in [1.82, 2.24) is 0 Å². The second-order valence-electron chi connectivity index (χ2n) is 20.3. The van der Waals surface area contributed by atoms with Crippen molar-refractivity contribution in [3.05, 3.63) is 97.2 Å². The monoisotopic (exact) mass is 1030 g/mol. The van der Waals surface area contributed by atoms with E-state index in [-0.39, 0.29) is 26.1 Å². The van der Waals surface area contributed by atoms with E-state index in [1.807, 2.05) is 27.2 Å². The van der Waals surface area contributed by atoms with Crippen molar-refractivity contribution in [2.24, 2.45) is 0 Å². The number of esters is 2. The topological polar surface area (TPSA) is 111 Å². The Morgan fingerprint density at radius 2 is 0.806 bits per heavy atom. The summed E-state index contributed by atoms with van der Waals surface area (Å²) < 4.78 is 34.1. The van der Waals surface area contributed by atoms with Crippen molar-refractivity contribution in [3.8, 4) is 0 Å². The summed E-state index contributed by atoms with van der Waals surface area (Å²) in [7, 11) is 1.12. The fourth-order valence-electron chi connectivity index (χ4n) is 7.64. The highest BCUT2D eigenvalue weighted by Crippen LogP contribution is 2.38. The quantitative estimate of drug-likeness (QED) is 0.0195. The molecule has 0 aliphatic carbocycles. The van der Waals surface area contributed by atoms with Crippen LogP contribution in [0.15, 0.2) is 97.2 Å². The highest BCUT2D eigenvalue weighted by Gasteiger charge is 2.21. The first-order valence-corrected chi connectivity index (χ1v) is 30.4. The molecule has 0 aromatic heterocycles. The summed E-state index contributed by atoms with van der Waals surface area (Å²) >= 11 is 0. The van der Waals surface area contributed by atoms with Gasteiger partial charge in [0.1, 0.15) is 19.8 Å². The maximum atomic E-state index is 12.8. The SMILES string of the molecule is CC/C=C\C/C=C\C/C=C\C/C=C\C/C=C\C/C=C\C/C=C\CCCC(=O)OC(COC(=O)CCCCCCCCCCCCCCC/C=C\CCCCCCCCCC)COP(=O)([O-])OCC[N+](C)(C)C. The van der Waals surface area contributed by atoms with Gasteiger partial charge in [0.05, 0.1) is 27.7 Å². The summed E-state index contributed by atoms with van der Waals surface area (Å²) in [6.07, 6.45) is 71.8. The number of unbranched alkanes of at least 4 members (excludes halogenated alkanes) is 22. The molecule has 0 saturated carbocycles. The number of ether oxygens (including phenoxy) is 2. The van der Waals surface area contributed by atoms with Crippen LogP contribution in [0.25, 0.3) is 0 Å². The fraction of sp³-hybridized carbons (Fsp3) is 0.710. The van der Waals surface area contributed by atoms with Gasteiger partial charge in [-0.25, -0.2) is 0 Å². The number of rotatable bonds is 52. The normalized spacial score (nSPS) is 14.0. The molecule has 0 bridgehead atoms. The number of allylic oxidation sites excluding steroid dienone is 16. The van der Waals surface area contributed by atoms with Crippen molar-refractivity contribution < 1.29 is 42.1 Å². The summed E-state index contributed by atoms with van der Waals surface area (Å²) in [6, 6.07) is 0. The fourth-order valence-corrected chi connectivity index (χ4v) is 8.37. The first-order chi connectivity index (χ1) is 35.0. The lowest BCUT2D eigenvalue weighted by atomic mass is 10.0. The van der Waals surface area contributed by atoms with E-state index in [2.05, 4.69) is 105 Å². The highest BCUT2D eigenvalue weighted by molar-refractivity contribution is 7.45. The maximum absolute atomic E-state index is 12.8. The Morgan fingerprint density at radius 1 is 0.444 bits per heavy atom. The molecule has 0 aromatic carbocycles. The van der Waals surface area contributed by atoms with Gasteiger partial charge >= 0.3 is 11.9 Å². The van der Waals surface area contributed by atoms with Gasteiger partial charge in [0.25, 0.3) is 7.82 Å². The van der Waals surface area contributed by atoms with E-state index in [4.69, 9.17) is 18.5 Å². The lowest BCUT2D eigenvalue weighted by Crippen LogP contribution is -2.37. The van der Waals surface area contributed by atoms with Gasteiger partial charge in [0.2, 0.25) is 0 Å². The van der Waals surface area contributed by atoms with Gasteiger partial charge in [-0.15, -0.1) is 0 Å². The molecule has 2 unspecified atom stereocenters. The van der Waals surface area contributed by atoms with Crippen LogP contribution in [0.5, 0.6) is 0 Å². The number of carbonyl (C=O) groups excluding carboxylic acids is 2. The molecule has 2 atom stereocenters. The number of hydrogen-bond acceptors (Lipinski definition) is 8. The molecule has 0 aliphatic heterocycles. The number of quaternary nitrogens is 1. The van der Waals surface area contributed by atoms with Gasteiger partial charge in [-0.3, -0.25) is 14.2 Å². The standard InChI is InChI=1S/C62H108NO8P/c1-6-8-10-12-14-16-18-20-22-24-26-28-30-31-33-34-36-38-40-42-44-46-48-50-52-54-61(64)68-58-60(59-70-72(66,67)69-57-56-63(3,4)5)71-62(65)55-53-51-49-47-45-43-41-39-37-35-32-29-27-25-23-21-19-17-15-13-11-9-7-2/h9,11,15,17,21,23-24,26-27,29,35,37,41,43,47,49,60H,6-8,10,12-14,16,18-20,22,25,28,30-34,36,38-40,42,44-46,48,50-59H2,1-5H3/b11-9-,17-15-,23-21-,26-24-,29-27-,37-35-,43-41-,49-47-. The number of carbonyl (C=O) groups is 2. The third-order valence-corrected chi connectivity index (χ3v) is 13.1. The molecule has 0 spiro atoms. The van der Waals surface area contributed by atoms with Gasteiger partial charge in [-0.2, -0.15) is 0 Å². The molecular formula is C62H108NO8P. The molecule has 0 saturated heterocycles. The Morgan fingerprint density at radius 3 is 1.24 bits per heavy atom. The lowest BCUT2D eigenvalue weighted by Gasteiger charge is -2.28. The molecule has 414 valence electrons. The van der Waals surface area contributed by atoms with E-state index < -0.39 is 32.5 Å². The molecule has 0 N–H and O–H groups in total. The summed E-state index contributed by atoms with van der Waals surface area (Å²) in [5, 5.41) is 0. The second kappa shape index (κ2) is 52.8. The van der Waals surface area contributed by atoms with Crippen LogP contribution in [0.1, 0.15) is 232 Å². The molecule has 9 nitrogen and oxygen atoms in total. The van der Waals surface area contributed by atoms with E-state index in [1.54, 1.807) is 0 Å². The molecule has 0 fully saturated rings.